The molecule has 0 aliphatic rings. The molecule has 0 aromatic heterocycles. The SMILES string of the molecule is O=C(OCCOC(=O)C([O-])(C(F)(F)F)C(F)(F)F)c1ccccc1I. The number of carbonyl (C=O) groups excluding carboxylic acids is 2. The first-order valence-electron chi connectivity index (χ1n) is 6.25. The molecule has 0 fully saturated rings. The van der Waals surface area contributed by atoms with Crippen LogP contribution >= 0.6 is 22.6 Å². The Morgan fingerprint density at radius 2 is 1.44 bits per heavy atom. The zero-order valence-electron chi connectivity index (χ0n) is 11.9. The van der Waals surface area contributed by atoms with E-state index in [1.54, 1.807) is 34.7 Å². The fourth-order valence-corrected chi connectivity index (χ4v) is 2.07. The molecule has 12 heteroatoms. The third-order valence-electron chi connectivity index (χ3n) is 2.73. The van der Waals surface area contributed by atoms with Gasteiger partial charge in [-0.15, -0.1) is 0 Å². The van der Waals surface area contributed by atoms with Gasteiger partial charge in [-0.1, -0.05) is 12.1 Å². The van der Waals surface area contributed by atoms with Crippen molar-refractivity contribution >= 4 is 34.5 Å². The molecule has 5 nitrogen and oxygen atoms in total. The fourth-order valence-electron chi connectivity index (χ4n) is 1.47. The van der Waals surface area contributed by atoms with Gasteiger partial charge in [-0.2, -0.15) is 26.3 Å². The van der Waals surface area contributed by atoms with E-state index in [4.69, 9.17) is 0 Å². The first kappa shape index (κ1) is 21.5. The lowest BCUT2D eigenvalue weighted by Crippen LogP contribution is -2.71. The summed E-state index contributed by atoms with van der Waals surface area (Å²) in [6.07, 6.45) is -12.9. The molecule has 0 radical (unpaired) electrons. The van der Waals surface area contributed by atoms with Crippen LogP contribution in [0.4, 0.5) is 26.3 Å². The number of hydrogen-bond acceptors (Lipinski definition) is 5. The van der Waals surface area contributed by atoms with Crippen molar-refractivity contribution in [2.75, 3.05) is 13.2 Å². The van der Waals surface area contributed by atoms with Gasteiger partial charge in [0.1, 0.15) is 13.2 Å². The Balaban J connectivity index is 2.65. The normalized spacial score (nSPS) is 12.6. The summed E-state index contributed by atoms with van der Waals surface area (Å²) in [5.74, 6) is -4.00. The smallest absolute Gasteiger partial charge is 0.399 e. The second kappa shape index (κ2) is 7.76. The number of ether oxygens (including phenoxy) is 2. The van der Waals surface area contributed by atoms with E-state index in [-0.39, 0.29) is 5.56 Å². The average Bonchev–Trinajstić information content (AvgIpc) is 2.48. The van der Waals surface area contributed by atoms with E-state index >= 15 is 0 Å². The topological polar surface area (TPSA) is 75.7 Å². The average molecular weight is 485 g/mol. The third kappa shape index (κ3) is 4.74. The summed E-state index contributed by atoms with van der Waals surface area (Å²) in [4.78, 5) is 22.6. The summed E-state index contributed by atoms with van der Waals surface area (Å²) >= 11 is 1.80. The first-order chi connectivity index (χ1) is 11.3. The van der Waals surface area contributed by atoms with Crippen LogP contribution in [0.3, 0.4) is 0 Å². The second-order valence-electron chi connectivity index (χ2n) is 4.43. The molecule has 25 heavy (non-hydrogen) atoms. The van der Waals surface area contributed by atoms with Gasteiger partial charge in [-0.3, -0.25) is 4.79 Å². The molecule has 0 unspecified atom stereocenters. The quantitative estimate of drug-likeness (QED) is 0.277. The lowest BCUT2D eigenvalue weighted by atomic mass is 10.0. The van der Waals surface area contributed by atoms with Gasteiger partial charge in [0.25, 0.3) is 0 Å². The Labute approximate surface area is 150 Å². The fraction of sp³-hybridized carbons (Fsp3) is 0.385. The van der Waals surface area contributed by atoms with Gasteiger partial charge in [0.2, 0.25) is 0 Å². The van der Waals surface area contributed by atoms with E-state index in [2.05, 4.69) is 9.47 Å². The van der Waals surface area contributed by atoms with Crippen molar-refractivity contribution in [1.82, 2.24) is 0 Å². The summed E-state index contributed by atoms with van der Waals surface area (Å²) in [6.45, 7) is -1.98. The van der Waals surface area contributed by atoms with Crippen molar-refractivity contribution in [2.24, 2.45) is 0 Å². The van der Waals surface area contributed by atoms with Gasteiger partial charge >= 0.3 is 24.3 Å². The van der Waals surface area contributed by atoms with Gasteiger partial charge < -0.3 is 14.6 Å². The predicted octanol–water partition coefficient (Wildman–Crippen LogP) is 2.21. The van der Waals surface area contributed by atoms with E-state index in [9.17, 15) is 41.0 Å². The van der Waals surface area contributed by atoms with Crippen molar-refractivity contribution in [3.05, 3.63) is 33.4 Å². The van der Waals surface area contributed by atoms with Gasteiger partial charge in [-0.25, -0.2) is 4.79 Å². The van der Waals surface area contributed by atoms with Gasteiger partial charge in [0, 0.05) is 3.57 Å². The Kier molecular flexibility index (Phi) is 6.67. The molecule has 0 aliphatic carbocycles. The maximum absolute atomic E-state index is 12.3. The summed E-state index contributed by atoms with van der Waals surface area (Å²) in [5.41, 5.74) is -5.82. The summed E-state index contributed by atoms with van der Waals surface area (Å²) in [5, 5.41) is 11.0. The highest BCUT2D eigenvalue weighted by atomic mass is 127. The Morgan fingerprint density at radius 1 is 0.960 bits per heavy atom. The molecule has 0 atom stereocenters. The maximum Gasteiger partial charge on any atom is 0.399 e. The molecule has 1 aromatic carbocycles. The predicted molar refractivity (Wildman–Crippen MR) is 75.2 cm³/mol. The molecular weight excluding hydrogens is 477 g/mol. The minimum Gasteiger partial charge on any atom is -0.828 e. The standard InChI is InChI=1S/C13H8F6IO5/c14-12(15,16)11(23,13(17,18)19)10(22)25-6-5-24-9(21)7-3-1-2-4-8(7)20/h1-4H,5-6H2/q-1. The van der Waals surface area contributed by atoms with Gasteiger partial charge in [0.15, 0.2) is 5.60 Å². The lowest BCUT2D eigenvalue weighted by Gasteiger charge is -2.40. The molecule has 0 saturated heterocycles. The molecule has 1 aromatic rings. The van der Waals surface area contributed by atoms with Crippen molar-refractivity contribution in [3.8, 4) is 0 Å². The van der Waals surface area contributed by atoms with Crippen molar-refractivity contribution < 1.29 is 50.5 Å². The molecule has 0 saturated carbocycles. The van der Waals surface area contributed by atoms with Crippen LogP contribution in [0.2, 0.25) is 0 Å². The zero-order chi connectivity index (χ0) is 19.5. The van der Waals surface area contributed by atoms with E-state index in [1.165, 1.54) is 12.1 Å². The Bertz CT molecular complexity index is 629. The van der Waals surface area contributed by atoms with E-state index in [0.717, 1.165) is 0 Å². The lowest BCUT2D eigenvalue weighted by molar-refractivity contribution is -0.574. The number of hydrogen-bond donors (Lipinski definition) is 0. The molecule has 140 valence electrons. The Hall–Kier alpha value is -1.57. The van der Waals surface area contributed by atoms with Gasteiger partial charge in [0.05, 0.1) is 5.56 Å². The van der Waals surface area contributed by atoms with Gasteiger partial charge in [-0.05, 0) is 34.7 Å². The molecule has 0 bridgehead atoms. The van der Waals surface area contributed by atoms with Crippen LogP contribution in [0.5, 0.6) is 0 Å². The van der Waals surface area contributed by atoms with Crippen LogP contribution in [0.1, 0.15) is 10.4 Å². The number of esters is 2. The molecule has 1 rings (SSSR count). The van der Waals surface area contributed by atoms with Crippen LogP contribution in [0.25, 0.3) is 0 Å². The number of alkyl halides is 6. The van der Waals surface area contributed by atoms with E-state index in [0.29, 0.717) is 3.57 Å². The molecule has 0 N–H and O–H groups in total. The van der Waals surface area contributed by atoms with E-state index in [1.807, 2.05) is 0 Å². The second-order valence-corrected chi connectivity index (χ2v) is 5.59. The van der Waals surface area contributed by atoms with Crippen LogP contribution in [0, 0.1) is 3.57 Å². The molecule has 0 heterocycles. The number of halogens is 7. The maximum atomic E-state index is 12.3. The van der Waals surface area contributed by atoms with Crippen LogP contribution in [0.15, 0.2) is 24.3 Å². The van der Waals surface area contributed by atoms with Crippen molar-refractivity contribution in [1.29, 1.82) is 0 Å². The van der Waals surface area contributed by atoms with E-state index < -0.39 is 43.1 Å². The van der Waals surface area contributed by atoms with Crippen LogP contribution < -0.4 is 5.11 Å². The highest BCUT2D eigenvalue weighted by Crippen LogP contribution is 2.41. The summed E-state index contributed by atoms with van der Waals surface area (Å²) < 4.78 is 82.8. The van der Waals surface area contributed by atoms with Crippen LogP contribution in [-0.2, 0) is 14.3 Å². The first-order valence-corrected chi connectivity index (χ1v) is 7.33. The molecule has 0 aliphatic heterocycles. The highest BCUT2D eigenvalue weighted by Gasteiger charge is 2.68. The molecular formula is C13H8F6IO5-. The van der Waals surface area contributed by atoms with Crippen LogP contribution in [-0.4, -0.2) is 43.1 Å². The number of carbonyl (C=O) groups is 2. The van der Waals surface area contributed by atoms with Crippen molar-refractivity contribution in [2.45, 2.75) is 18.0 Å². The number of rotatable bonds is 5. The molecule has 0 amide bonds. The zero-order valence-corrected chi connectivity index (χ0v) is 14.1. The Morgan fingerprint density at radius 3 is 1.92 bits per heavy atom. The minimum atomic E-state index is -6.45. The van der Waals surface area contributed by atoms with Crippen molar-refractivity contribution in [3.63, 3.8) is 0 Å². The monoisotopic (exact) mass is 485 g/mol. The summed E-state index contributed by atoms with van der Waals surface area (Å²) in [6, 6.07) is 6.03. The molecule has 0 spiro atoms. The summed E-state index contributed by atoms with van der Waals surface area (Å²) in [7, 11) is 0. The number of benzene rings is 1. The highest BCUT2D eigenvalue weighted by molar-refractivity contribution is 14.1. The third-order valence-corrected chi connectivity index (χ3v) is 3.67. The largest absolute Gasteiger partial charge is 0.828 e. The minimum absolute atomic E-state index is 0.0955.